The van der Waals surface area contributed by atoms with Gasteiger partial charge in [0.05, 0.1) is 13.1 Å². The van der Waals surface area contributed by atoms with Gasteiger partial charge in [-0.2, -0.15) is 14.9 Å². The van der Waals surface area contributed by atoms with Crippen LogP contribution in [0.4, 0.5) is 0 Å². The molecule has 0 saturated heterocycles. The van der Waals surface area contributed by atoms with Crippen LogP contribution in [0.1, 0.15) is 40.1 Å². The Kier molecular flexibility index (Phi) is 7.10. The summed E-state index contributed by atoms with van der Waals surface area (Å²) in [6.07, 6.45) is -0.770. The Balaban J connectivity index is 1.64. The minimum atomic E-state index is -0.770. The lowest BCUT2D eigenvalue weighted by Crippen LogP contribution is -2.38. The van der Waals surface area contributed by atoms with E-state index in [1.807, 2.05) is 80.6 Å². The lowest BCUT2D eigenvalue weighted by atomic mass is 10.1. The predicted octanol–water partition coefficient (Wildman–Crippen LogP) is 4.95. The number of nitrogens with one attached hydrogen (secondary N) is 1. The van der Waals surface area contributed by atoms with Gasteiger partial charge < -0.3 is 0 Å². The number of aryl methyl sites for hydroxylation is 3. The molecule has 0 spiro atoms. The largest absolute Gasteiger partial charge is 0.348 e. The number of hydrogen-bond acceptors (Lipinski definition) is 4. The molecule has 10 heteroatoms. The number of hydrogen-bond donors (Lipinski definition) is 1. The molecule has 0 fully saturated rings. The average Bonchev–Trinajstić information content (AvgIpc) is 3.33. The van der Waals surface area contributed by atoms with Gasteiger partial charge in [0, 0.05) is 10.0 Å². The van der Waals surface area contributed by atoms with Crippen molar-refractivity contribution < 1.29 is 0 Å². The molecule has 0 aliphatic rings. The maximum atomic E-state index is 13.8. The second-order valence-corrected chi connectivity index (χ2v) is 10.0. The fourth-order valence-corrected chi connectivity index (χ4v) is 4.86. The SMILES string of the molecule is Cc1ccc(C(n2nc(C)n(Cc3ccccc3Cl)c2=N)n2nc(C)n(Cc3ccccc3Cl)c2=O)cc1. The molecule has 8 nitrogen and oxygen atoms in total. The molecule has 0 amide bonds. The fraction of sp³-hybridized carbons (Fsp3) is 0.214. The van der Waals surface area contributed by atoms with Gasteiger partial charge in [0.1, 0.15) is 11.6 Å². The van der Waals surface area contributed by atoms with E-state index in [1.54, 1.807) is 22.1 Å². The van der Waals surface area contributed by atoms with Gasteiger partial charge in [-0.25, -0.2) is 9.48 Å². The lowest BCUT2D eigenvalue weighted by Gasteiger charge is -2.17. The van der Waals surface area contributed by atoms with E-state index in [1.165, 1.54) is 9.36 Å². The number of benzene rings is 3. The molecule has 0 bridgehead atoms. The normalized spacial score (nSPS) is 12.1. The van der Waals surface area contributed by atoms with Crippen molar-refractivity contribution in [3.05, 3.63) is 133 Å². The molecule has 194 valence electrons. The maximum Gasteiger partial charge on any atom is 0.348 e. The molecule has 0 saturated carbocycles. The maximum absolute atomic E-state index is 13.8. The monoisotopic (exact) mass is 547 g/mol. The van der Waals surface area contributed by atoms with Crippen molar-refractivity contribution >= 4 is 23.2 Å². The molecule has 1 atom stereocenters. The Labute approximate surface area is 229 Å². The van der Waals surface area contributed by atoms with Gasteiger partial charge in [0.25, 0.3) is 0 Å². The number of rotatable bonds is 7. The smallest absolute Gasteiger partial charge is 0.293 e. The first-order valence-corrected chi connectivity index (χ1v) is 12.9. The van der Waals surface area contributed by atoms with Gasteiger partial charge in [-0.1, -0.05) is 89.4 Å². The molecule has 1 unspecified atom stereocenters. The van der Waals surface area contributed by atoms with Crippen LogP contribution in [0.25, 0.3) is 0 Å². The Morgan fingerprint density at radius 3 is 1.82 bits per heavy atom. The molecule has 5 rings (SSSR count). The summed E-state index contributed by atoms with van der Waals surface area (Å²) < 4.78 is 6.27. The summed E-state index contributed by atoms with van der Waals surface area (Å²) >= 11 is 12.8. The van der Waals surface area contributed by atoms with E-state index in [9.17, 15) is 4.79 Å². The third-order valence-corrected chi connectivity index (χ3v) is 7.33. The average molecular weight is 548 g/mol. The van der Waals surface area contributed by atoms with Gasteiger partial charge in [-0.3, -0.25) is 14.5 Å². The van der Waals surface area contributed by atoms with Crippen LogP contribution in [0.15, 0.2) is 77.6 Å². The van der Waals surface area contributed by atoms with Gasteiger partial charge in [0.15, 0.2) is 6.17 Å². The summed E-state index contributed by atoms with van der Waals surface area (Å²) in [6, 6.07) is 22.8. The van der Waals surface area contributed by atoms with Gasteiger partial charge in [-0.05, 0) is 49.6 Å². The summed E-state index contributed by atoms with van der Waals surface area (Å²) in [5, 5.41) is 19.6. The summed E-state index contributed by atoms with van der Waals surface area (Å²) in [5.41, 5.74) is 3.35. The van der Waals surface area contributed by atoms with Crippen molar-refractivity contribution in [1.82, 2.24) is 28.7 Å². The zero-order valence-corrected chi connectivity index (χ0v) is 22.8. The van der Waals surface area contributed by atoms with Crippen LogP contribution in [0.5, 0.6) is 0 Å². The molecule has 2 aromatic heterocycles. The van der Waals surface area contributed by atoms with Crippen molar-refractivity contribution in [2.45, 2.75) is 40.0 Å². The molecule has 1 N–H and O–H groups in total. The summed E-state index contributed by atoms with van der Waals surface area (Å²) in [4.78, 5) is 13.8. The first-order chi connectivity index (χ1) is 18.2. The van der Waals surface area contributed by atoms with E-state index >= 15 is 0 Å². The number of nitrogens with zero attached hydrogens (tertiary/aromatic N) is 6. The van der Waals surface area contributed by atoms with Crippen molar-refractivity contribution in [3.8, 4) is 0 Å². The molecule has 0 aliphatic heterocycles. The third kappa shape index (κ3) is 4.85. The van der Waals surface area contributed by atoms with Crippen molar-refractivity contribution in [2.24, 2.45) is 0 Å². The third-order valence-electron chi connectivity index (χ3n) is 6.60. The van der Waals surface area contributed by atoms with Gasteiger partial charge in [0.2, 0.25) is 5.62 Å². The van der Waals surface area contributed by atoms with Gasteiger partial charge >= 0.3 is 5.69 Å². The topological polar surface area (TPSA) is 86.4 Å². The van der Waals surface area contributed by atoms with Crippen LogP contribution in [-0.2, 0) is 13.1 Å². The Hall–Kier alpha value is -3.88. The van der Waals surface area contributed by atoms with E-state index in [0.717, 1.165) is 22.3 Å². The van der Waals surface area contributed by atoms with Crippen molar-refractivity contribution in [3.63, 3.8) is 0 Å². The Bertz CT molecular complexity index is 1620. The van der Waals surface area contributed by atoms with Crippen molar-refractivity contribution in [2.75, 3.05) is 0 Å². The van der Waals surface area contributed by atoms with E-state index in [2.05, 4.69) is 5.10 Å². The standard InChI is InChI=1S/C28H27Cl2N7O/c1-18-12-14-21(15-13-18)26(36-27(31)34(19(2)32-36)16-22-8-4-6-10-24(22)29)37-28(38)35(20(3)33-37)17-23-9-5-7-11-25(23)30/h4-15,26,31H,16-17H2,1-3H3. The highest BCUT2D eigenvalue weighted by molar-refractivity contribution is 6.31. The van der Waals surface area contributed by atoms with E-state index in [0.29, 0.717) is 28.2 Å². The van der Waals surface area contributed by atoms with Crippen LogP contribution in [0, 0.1) is 26.2 Å². The molecule has 5 aromatic rings. The zero-order valence-electron chi connectivity index (χ0n) is 21.3. The fourth-order valence-electron chi connectivity index (χ4n) is 4.47. The Morgan fingerprint density at radius 2 is 1.24 bits per heavy atom. The molecular weight excluding hydrogens is 521 g/mol. The summed E-state index contributed by atoms with van der Waals surface area (Å²) in [5.74, 6) is 1.15. The highest BCUT2D eigenvalue weighted by Crippen LogP contribution is 2.21. The van der Waals surface area contributed by atoms with Crippen LogP contribution >= 0.6 is 23.2 Å². The van der Waals surface area contributed by atoms with Crippen LogP contribution < -0.4 is 11.3 Å². The molecule has 38 heavy (non-hydrogen) atoms. The zero-order chi connectivity index (χ0) is 27.0. The molecule has 2 heterocycles. The molecule has 0 aliphatic carbocycles. The first-order valence-electron chi connectivity index (χ1n) is 12.1. The summed E-state index contributed by atoms with van der Waals surface area (Å²) in [7, 11) is 0. The molecular formula is C28H27Cl2N7O. The lowest BCUT2D eigenvalue weighted by molar-refractivity contribution is 0.383. The minimum Gasteiger partial charge on any atom is -0.293 e. The molecule has 3 aromatic carbocycles. The second-order valence-electron chi connectivity index (χ2n) is 9.23. The van der Waals surface area contributed by atoms with Crippen LogP contribution in [-0.4, -0.2) is 28.7 Å². The van der Waals surface area contributed by atoms with E-state index in [-0.39, 0.29) is 17.9 Å². The van der Waals surface area contributed by atoms with Crippen molar-refractivity contribution in [1.29, 1.82) is 5.41 Å². The summed E-state index contributed by atoms with van der Waals surface area (Å²) in [6.45, 7) is 6.28. The highest BCUT2D eigenvalue weighted by Gasteiger charge is 2.26. The first kappa shape index (κ1) is 25.8. The van der Waals surface area contributed by atoms with Gasteiger partial charge in [-0.15, -0.1) is 0 Å². The minimum absolute atomic E-state index is 0.123. The predicted molar refractivity (Wildman–Crippen MR) is 148 cm³/mol. The molecule has 0 radical (unpaired) electrons. The van der Waals surface area contributed by atoms with Crippen LogP contribution in [0.2, 0.25) is 10.0 Å². The van der Waals surface area contributed by atoms with E-state index in [4.69, 9.17) is 33.7 Å². The highest BCUT2D eigenvalue weighted by atomic mass is 35.5. The Morgan fingerprint density at radius 1 is 0.737 bits per heavy atom. The quantitative estimate of drug-likeness (QED) is 0.313. The van der Waals surface area contributed by atoms with E-state index < -0.39 is 6.17 Å². The van der Waals surface area contributed by atoms with Crippen LogP contribution in [0.3, 0.4) is 0 Å². The number of aromatic nitrogens is 6. The second kappa shape index (κ2) is 10.5. The number of halogens is 2.